The average molecular weight is 295 g/mol. The fourth-order valence-corrected chi connectivity index (χ4v) is 1.83. The summed E-state index contributed by atoms with van der Waals surface area (Å²) in [4.78, 5) is 17.7. The summed E-state index contributed by atoms with van der Waals surface area (Å²) in [5.41, 5.74) is 0.988. The van der Waals surface area contributed by atoms with E-state index in [-0.39, 0.29) is 12.5 Å². The lowest BCUT2D eigenvalue weighted by Crippen LogP contribution is -2.29. The monoisotopic (exact) mass is 294 g/mol. The molecule has 0 saturated heterocycles. The number of anilines is 1. The van der Waals surface area contributed by atoms with E-state index in [9.17, 15) is 4.79 Å². The molecule has 0 fully saturated rings. The van der Waals surface area contributed by atoms with Gasteiger partial charge in [0.15, 0.2) is 5.82 Å². The van der Waals surface area contributed by atoms with Gasteiger partial charge in [-0.1, -0.05) is 22.8 Å². The number of hydrogen-bond donors (Lipinski definition) is 1. The van der Waals surface area contributed by atoms with E-state index in [1.807, 2.05) is 18.0 Å². The fraction of sp³-hybridized carbons (Fsp3) is 0.308. The van der Waals surface area contributed by atoms with Gasteiger partial charge in [-0.25, -0.2) is 4.98 Å². The van der Waals surface area contributed by atoms with Crippen molar-refractivity contribution in [2.24, 2.45) is 0 Å². The molecule has 0 aromatic carbocycles. The van der Waals surface area contributed by atoms with Gasteiger partial charge in [0, 0.05) is 18.8 Å². The van der Waals surface area contributed by atoms with Gasteiger partial charge < -0.3 is 9.84 Å². The summed E-state index contributed by atoms with van der Waals surface area (Å²) in [6, 6.07) is 5.27. The molecular weight excluding hydrogens is 280 g/mol. The maximum absolute atomic E-state index is 11.8. The maximum atomic E-state index is 11.8. The minimum Gasteiger partial charge on any atom is -0.360 e. The average Bonchev–Trinajstić information content (AvgIpc) is 2.77. The van der Waals surface area contributed by atoms with Crippen molar-refractivity contribution in [1.82, 2.24) is 15.0 Å². The maximum Gasteiger partial charge on any atom is 0.239 e. The van der Waals surface area contributed by atoms with Crippen LogP contribution in [0.4, 0.5) is 5.82 Å². The Labute approximate surface area is 121 Å². The van der Waals surface area contributed by atoms with Gasteiger partial charge in [-0.05, 0) is 25.6 Å². The van der Waals surface area contributed by atoms with Crippen LogP contribution in [0.2, 0.25) is 5.15 Å². The summed E-state index contributed by atoms with van der Waals surface area (Å²) in [5.74, 6) is 0.928. The lowest BCUT2D eigenvalue weighted by Gasteiger charge is -2.15. The van der Waals surface area contributed by atoms with Crippen molar-refractivity contribution in [1.29, 1.82) is 0 Å². The summed E-state index contributed by atoms with van der Waals surface area (Å²) in [6.45, 7) is 2.62. The van der Waals surface area contributed by atoms with Gasteiger partial charge in [-0.3, -0.25) is 9.69 Å². The third kappa shape index (κ3) is 4.32. The fourth-order valence-electron chi connectivity index (χ4n) is 1.72. The minimum absolute atomic E-state index is 0.150. The van der Waals surface area contributed by atoms with Crippen molar-refractivity contribution in [3.63, 3.8) is 0 Å². The van der Waals surface area contributed by atoms with Crippen molar-refractivity contribution in [3.8, 4) is 0 Å². The highest BCUT2D eigenvalue weighted by Crippen LogP contribution is 2.08. The van der Waals surface area contributed by atoms with Crippen LogP contribution in [0, 0.1) is 6.92 Å². The van der Waals surface area contributed by atoms with Crippen LogP contribution in [0.25, 0.3) is 0 Å². The molecule has 0 radical (unpaired) electrons. The van der Waals surface area contributed by atoms with E-state index in [1.54, 1.807) is 25.3 Å². The number of nitrogens with one attached hydrogen (secondary N) is 1. The minimum atomic E-state index is -0.150. The van der Waals surface area contributed by atoms with E-state index in [4.69, 9.17) is 16.1 Å². The Balaban J connectivity index is 1.83. The number of aryl methyl sites for hydroxylation is 1. The van der Waals surface area contributed by atoms with Crippen LogP contribution in [0.15, 0.2) is 28.9 Å². The molecule has 0 aliphatic heterocycles. The molecule has 0 bridgehead atoms. The Bertz CT molecular complexity index is 582. The number of nitrogens with zero attached hydrogens (tertiary/aromatic N) is 3. The molecule has 0 spiro atoms. The Morgan fingerprint density at radius 3 is 2.90 bits per heavy atom. The Morgan fingerprint density at radius 1 is 1.50 bits per heavy atom. The van der Waals surface area contributed by atoms with Crippen LogP contribution in [-0.4, -0.2) is 34.5 Å². The number of halogens is 1. The Hall–Kier alpha value is -1.92. The van der Waals surface area contributed by atoms with Gasteiger partial charge in [-0.15, -0.1) is 0 Å². The topological polar surface area (TPSA) is 71.3 Å². The first-order valence-corrected chi connectivity index (χ1v) is 6.43. The number of likely N-dealkylation sites (N-methyl/N-ethyl adjacent to an activating group) is 1. The Kier molecular flexibility index (Phi) is 4.70. The van der Waals surface area contributed by atoms with Crippen molar-refractivity contribution < 1.29 is 9.32 Å². The first-order valence-electron chi connectivity index (χ1n) is 6.05. The molecular formula is C13H15ClN4O2. The quantitative estimate of drug-likeness (QED) is 0.855. The summed E-state index contributed by atoms with van der Waals surface area (Å²) < 4.78 is 4.88. The van der Waals surface area contributed by atoms with Crippen molar-refractivity contribution in [2.75, 3.05) is 18.9 Å². The lowest BCUT2D eigenvalue weighted by atomic mass is 10.2. The summed E-state index contributed by atoms with van der Waals surface area (Å²) in [5, 5.41) is 6.83. The van der Waals surface area contributed by atoms with Crippen LogP contribution in [0.5, 0.6) is 0 Å². The van der Waals surface area contributed by atoms with Crippen molar-refractivity contribution >= 4 is 23.3 Å². The molecule has 0 atom stereocenters. The van der Waals surface area contributed by atoms with Crippen molar-refractivity contribution in [2.45, 2.75) is 13.5 Å². The van der Waals surface area contributed by atoms with E-state index >= 15 is 0 Å². The molecule has 0 aliphatic carbocycles. The first-order chi connectivity index (χ1) is 9.52. The highest BCUT2D eigenvalue weighted by molar-refractivity contribution is 6.29. The van der Waals surface area contributed by atoms with Gasteiger partial charge in [0.05, 0.1) is 6.54 Å². The molecule has 1 N–H and O–H groups in total. The second-order valence-electron chi connectivity index (χ2n) is 4.53. The van der Waals surface area contributed by atoms with Gasteiger partial charge in [0.25, 0.3) is 0 Å². The van der Waals surface area contributed by atoms with E-state index in [1.165, 1.54) is 0 Å². The zero-order valence-corrected chi connectivity index (χ0v) is 12.0. The molecule has 2 aromatic heterocycles. The zero-order chi connectivity index (χ0) is 14.5. The second kappa shape index (κ2) is 6.49. The lowest BCUT2D eigenvalue weighted by molar-refractivity contribution is -0.117. The largest absolute Gasteiger partial charge is 0.360 e. The molecule has 2 rings (SSSR count). The van der Waals surface area contributed by atoms with Crippen molar-refractivity contribution in [3.05, 3.63) is 40.9 Å². The third-order valence-corrected chi connectivity index (χ3v) is 2.77. The summed E-state index contributed by atoms with van der Waals surface area (Å²) in [6.07, 6.45) is 1.69. The standard InChI is InChI=1S/C13H15ClN4O2/c1-9-5-12(17-20-9)16-13(19)8-18(2)7-10-3-4-11(14)15-6-10/h3-6H,7-8H2,1-2H3,(H,16,17,19). The second-order valence-corrected chi connectivity index (χ2v) is 4.92. The normalized spacial score (nSPS) is 10.8. The predicted octanol–water partition coefficient (Wildman–Crippen LogP) is 2.10. The molecule has 2 heterocycles. The number of carbonyl (C=O) groups is 1. The van der Waals surface area contributed by atoms with Gasteiger partial charge >= 0.3 is 0 Å². The first kappa shape index (κ1) is 14.5. The van der Waals surface area contributed by atoms with Crippen LogP contribution < -0.4 is 5.32 Å². The van der Waals surface area contributed by atoms with Crippen LogP contribution >= 0.6 is 11.6 Å². The van der Waals surface area contributed by atoms with E-state index < -0.39 is 0 Å². The molecule has 2 aromatic rings. The number of amides is 1. The van der Waals surface area contributed by atoms with Crippen LogP contribution in [0.1, 0.15) is 11.3 Å². The third-order valence-electron chi connectivity index (χ3n) is 2.55. The highest BCUT2D eigenvalue weighted by Gasteiger charge is 2.09. The number of pyridine rings is 1. The number of hydrogen-bond acceptors (Lipinski definition) is 5. The molecule has 106 valence electrons. The van der Waals surface area contributed by atoms with E-state index in [0.717, 1.165) is 5.56 Å². The van der Waals surface area contributed by atoms with Gasteiger partial charge in [0.1, 0.15) is 10.9 Å². The smallest absolute Gasteiger partial charge is 0.239 e. The number of rotatable bonds is 5. The zero-order valence-electron chi connectivity index (χ0n) is 11.3. The SMILES string of the molecule is Cc1cc(NC(=O)CN(C)Cc2ccc(Cl)nc2)no1. The summed E-state index contributed by atoms with van der Waals surface area (Å²) >= 11 is 5.72. The van der Waals surface area contributed by atoms with Gasteiger partial charge in [-0.2, -0.15) is 0 Å². The summed E-state index contributed by atoms with van der Waals surface area (Å²) in [7, 11) is 1.85. The van der Waals surface area contributed by atoms with Gasteiger partial charge in [0.2, 0.25) is 5.91 Å². The Morgan fingerprint density at radius 2 is 2.30 bits per heavy atom. The molecule has 0 unspecified atom stereocenters. The number of carbonyl (C=O) groups excluding carboxylic acids is 1. The molecule has 1 amide bonds. The number of aromatic nitrogens is 2. The molecule has 6 nitrogen and oxygen atoms in total. The molecule has 0 aliphatic rings. The van der Waals surface area contributed by atoms with Crippen LogP contribution in [-0.2, 0) is 11.3 Å². The molecule has 20 heavy (non-hydrogen) atoms. The molecule has 7 heteroatoms. The molecule has 0 saturated carbocycles. The van der Waals surface area contributed by atoms with Crippen LogP contribution in [0.3, 0.4) is 0 Å². The van der Waals surface area contributed by atoms with E-state index in [2.05, 4.69) is 15.5 Å². The predicted molar refractivity (Wildman–Crippen MR) is 75.5 cm³/mol. The highest BCUT2D eigenvalue weighted by atomic mass is 35.5. The van der Waals surface area contributed by atoms with E-state index in [0.29, 0.717) is 23.3 Å².